The van der Waals surface area contributed by atoms with Crippen molar-refractivity contribution in [2.45, 2.75) is 6.42 Å². The van der Waals surface area contributed by atoms with E-state index in [9.17, 15) is 4.79 Å². The lowest BCUT2D eigenvalue weighted by atomic mass is 10.1. The first-order valence-electron chi connectivity index (χ1n) is 3.87. The number of thioether (sulfide) groups is 1. The average molecular weight is 182 g/mol. The van der Waals surface area contributed by atoms with Crippen LogP contribution in [0, 0.1) is 0 Å². The molecule has 64 valence electrons. The fourth-order valence-electron chi connectivity index (χ4n) is 1.37. The Kier molecular flexibility index (Phi) is 1.84. The number of nitrogens with two attached hydrogens (primary N) is 1. The van der Waals surface area contributed by atoms with Gasteiger partial charge in [-0.25, -0.2) is 4.79 Å². The molecule has 2 rings (SSSR count). The maximum atomic E-state index is 10.8. The van der Waals surface area contributed by atoms with Gasteiger partial charge in [-0.15, -0.1) is 11.8 Å². The van der Waals surface area contributed by atoms with Gasteiger partial charge in [-0.1, -0.05) is 6.08 Å². The van der Waals surface area contributed by atoms with Crippen molar-refractivity contribution >= 4 is 17.8 Å². The van der Waals surface area contributed by atoms with Crippen LogP contribution in [0.25, 0.3) is 0 Å². The number of rotatable bonds is 0. The molecule has 2 aliphatic rings. The van der Waals surface area contributed by atoms with Gasteiger partial charge in [-0.05, 0) is 12.0 Å². The maximum absolute atomic E-state index is 10.8. The largest absolute Gasteiger partial charge is 0.351 e. The van der Waals surface area contributed by atoms with Gasteiger partial charge in [0.1, 0.15) is 0 Å². The van der Waals surface area contributed by atoms with Gasteiger partial charge in [0.15, 0.2) is 0 Å². The second kappa shape index (κ2) is 2.86. The van der Waals surface area contributed by atoms with Crippen LogP contribution in [0.15, 0.2) is 22.8 Å². The number of carbonyl (C=O) groups excluding carboxylic acids is 1. The molecule has 0 atom stereocenters. The Labute approximate surface area is 75.3 Å². The Morgan fingerprint density at radius 2 is 2.50 bits per heavy atom. The lowest BCUT2D eigenvalue weighted by molar-refractivity contribution is 0.227. The minimum atomic E-state index is -0.370. The molecular weight excluding hydrogens is 172 g/mol. The lowest BCUT2D eigenvalue weighted by Gasteiger charge is -2.19. The lowest BCUT2D eigenvalue weighted by Crippen LogP contribution is -2.32. The summed E-state index contributed by atoms with van der Waals surface area (Å²) in [6.45, 7) is 0.634. The van der Waals surface area contributed by atoms with E-state index in [1.54, 1.807) is 11.8 Å². The van der Waals surface area contributed by atoms with Crippen LogP contribution in [0.5, 0.6) is 0 Å². The number of carbonyl (C=O) groups is 1. The molecule has 0 radical (unpaired) electrons. The number of urea groups is 1. The maximum Gasteiger partial charge on any atom is 0.319 e. The molecule has 2 aliphatic heterocycles. The molecule has 0 aliphatic carbocycles. The summed E-state index contributed by atoms with van der Waals surface area (Å²) in [6.07, 6.45) is 5.07. The molecule has 2 heterocycles. The Morgan fingerprint density at radius 1 is 1.67 bits per heavy atom. The van der Waals surface area contributed by atoms with E-state index >= 15 is 0 Å². The van der Waals surface area contributed by atoms with Crippen LogP contribution in [0.3, 0.4) is 0 Å². The Balaban J connectivity index is 2.21. The molecule has 0 bridgehead atoms. The monoisotopic (exact) mass is 182 g/mol. The van der Waals surface area contributed by atoms with Crippen LogP contribution in [0.4, 0.5) is 4.79 Å². The van der Waals surface area contributed by atoms with E-state index in [0.29, 0.717) is 6.54 Å². The topological polar surface area (TPSA) is 46.3 Å². The van der Waals surface area contributed by atoms with Crippen molar-refractivity contribution in [3.05, 3.63) is 22.8 Å². The summed E-state index contributed by atoms with van der Waals surface area (Å²) >= 11 is 1.79. The first kappa shape index (κ1) is 7.73. The van der Waals surface area contributed by atoms with Gasteiger partial charge >= 0.3 is 6.03 Å². The van der Waals surface area contributed by atoms with Crippen molar-refractivity contribution in [1.82, 2.24) is 4.90 Å². The highest BCUT2D eigenvalue weighted by atomic mass is 32.2. The Morgan fingerprint density at radius 3 is 3.25 bits per heavy atom. The van der Waals surface area contributed by atoms with Gasteiger partial charge in [0.05, 0.1) is 0 Å². The summed E-state index contributed by atoms with van der Waals surface area (Å²) in [4.78, 5) is 13.6. The van der Waals surface area contributed by atoms with E-state index in [1.165, 1.54) is 15.4 Å². The van der Waals surface area contributed by atoms with Crippen LogP contribution in [-0.4, -0.2) is 23.2 Å². The van der Waals surface area contributed by atoms with E-state index in [2.05, 4.69) is 6.08 Å². The number of amides is 2. The Bertz CT molecular complexity index is 283. The highest BCUT2D eigenvalue weighted by Gasteiger charge is 2.20. The number of hydrogen-bond acceptors (Lipinski definition) is 2. The second-order valence-corrected chi connectivity index (χ2v) is 3.95. The van der Waals surface area contributed by atoms with E-state index in [0.717, 1.165) is 12.2 Å². The molecule has 0 unspecified atom stereocenters. The Hall–Kier alpha value is -0.900. The van der Waals surface area contributed by atoms with E-state index in [4.69, 9.17) is 5.73 Å². The van der Waals surface area contributed by atoms with Gasteiger partial charge in [0.25, 0.3) is 0 Å². The fraction of sp³-hybridized carbons (Fsp3) is 0.375. The third-order valence-corrected chi connectivity index (χ3v) is 3.12. The van der Waals surface area contributed by atoms with Gasteiger partial charge in [-0.3, -0.25) is 4.90 Å². The number of nitrogens with zero attached hydrogens (tertiary/aromatic N) is 1. The molecule has 1 fully saturated rings. The van der Waals surface area contributed by atoms with Crippen LogP contribution in [0.2, 0.25) is 0 Å². The van der Waals surface area contributed by atoms with E-state index in [1.807, 2.05) is 6.20 Å². The summed E-state index contributed by atoms with van der Waals surface area (Å²) in [5.74, 6) is 1.13. The minimum Gasteiger partial charge on any atom is -0.351 e. The van der Waals surface area contributed by atoms with Crippen molar-refractivity contribution in [2.24, 2.45) is 5.73 Å². The zero-order valence-corrected chi connectivity index (χ0v) is 7.43. The van der Waals surface area contributed by atoms with Crippen LogP contribution in [0.1, 0.15) is 6.42 Å². The van der Waals surface area contributed by atoms with Gasteiger partial charge in [0, 0.05) is 23.4 Å². The van der Waals surface area contributed by atoms with Crippen molar-refractivity contribution in [3.63, 3.8) is 0 Å². The quantitative estimate of drug-likeness (QED) is 0.613. The van der Waals surface area contributed by atoms with Gasteiger partial charge < -0.3 is 5.73 Å². The number of fused-ring (bicyclic) bond motifs is 1. The molecule has 0 aromatic heterocycles. The summed E-state index contributed by atoms with van der Waals surface area (Å²) in [5, 5.41) is 0. The van der Waals surface area contributed by atoms with Gasteiger partial charge in [-0.2, -0.15) is 0 Å². The highest BCUT2D eigenvalue weighted by Crippen LogP contribution is 2.37. The summed E-state index contributed by atoms with van der Waals surface area (Å²) in [7, 11) is 0. The third kappa shape index (κ3) is 1.22. The molecule has 2 N–H and O–H groups in total. The second-order valence-electron chi connectivity index (χ2n) is 2.81. The first-order valence-corrected chi connectivity index (χ1v) is 4.86. The van der Waals surface area contributed by atoms with Crippen LogP contribution in [-0.2, 0) is 0 Å². The molecule has 0 spiro atoms. The molecule has 4 heteroatoms. The zero-order valence-electron chi connectivity index (χ0n) is 6.62. The van der Waals surface area contributed by atoms with E-state index in [-0.39, 0.29) is 6.03 Å². The fourth-order valence-corrected chi connectivity index (χ4v) is 2.48. The summed E-state index contributed by atoms with van der Waals surface area (Å²) in [5.41, 5.74) is 6.53. The summed E-state index contributed by atoms with van der Waals surface area (Å²) < 4.78 is 0. The molecule has 2 amide bonds. The smallest absolute Gasteiger partial charge is 0.319 e. The van der Waals surface area contributed by atoms with Crippen molar-refractivity contribution in [2.75, 3.05) is 12.3 Å². The first-order chi connectivity index (χ1) is 5.77. The molecule has 3 nitrogen and oxygen atoms in total. The third-order valence-electron chi connectivity index (χ3n) is 2.04. The number of hydrogen-bond donors (Lipinski definition) is 1. The van der Waals surface area contributed by atoms with Crippen molar-refractivity contribution in [1.29, 1.82) is 0 Å². The molecular formula is C8H10N2OS. The van der Waals surface area contributed by atoms with E-state index < -0.39 is 0 Å². The molecule has 0 aromatic carbocycles. The zero-order chi connectivity index (χ0) is 8.55. The highest BCUT2D eigenvalue weighted by molar-refractivity contribution is 8.03. The van der Waals surface area contributed by atoms with Crippen LogP contribution < -0.4 is 5.73 Å². The SMILES string of the molecule is NC(=O)N1C=C2SCCC2=CC1. The molecule has 1 saturated heterocycles. The predicted molar refractivity (Wildman–Crippen MR) is 49.5 cm³/mol. The minimum absolute atomic E-state index is 0.370. The predicted octanol–water partition coefficient (Wildman–Crippen LogP) is 1.29. The molecule has 0 aromatic rings. The molecule has 0 saturated carbocycles. The number of primary amides is 1. The standard InChI is InChI=1S/C8H10N2OS/c9-8(11)10-3-1-6-2-4-12-7(6)5-10/h1,5H,2-4H2,(H2,9,11). The van der Waals surface area contributed by atoms with Crippen molar-refractivity contribution in [3.8, 4) is 0 Å². The normalized spacial score (nSPS) is 21.5. The average Bonchev–Trinajstić information content (AvgIpc) is 2.49. The van der Waals surface area contributed by atoms with Gasteiger partial charge in [0.2, 0.25) is 0 Å². The summed E-state index contributed by atoms with van der Waals surface area (Å²) in [6, 6.07) is -0.370. The number of allylic oxidation sites excluding steroid dienone is 1. The van der Waals surface area contributed by atoms with Crippen molar-refractivity contribution < 1.29 is 4.79 Å². The van der Waals surface area contributed by atoms with Crippen LogP contribution >= 0.6 is 11.8 Å². The molecule has 12 heavy (non-hydrogen) atoms.